The number of thiol groups is 1. The lowest BCUT2D eigenvalue weighted by Gasteiger charge is -1.92. The quantitative estimate of drug-likeness (QED) is 0.346. The zero-order valence-corrected chi connectivity index (χ0v) is 5.93. The second kappa shape index (κ2) is 2.41. The molecule has 1 aromatic rings. The fourth-order valence-electron chi connectivity index (χ4n) is 0.381. The molecule has 0 saturated heterocycles. The Balaban J connectivity index is 3.17. The average molecular weight is 163 g/mol. The molecule has 0 aliphatic heterocycles. The molecule has 9 heavy (non-hydrogen) atoms. The van der Waals surface area contributed by atoms with Gasteiger partial charge in [0.2, 0.25) is 0 Å². The van der Waals surface area contributed by atoms with Crippen molar-refractivity contribution in [2.75, 3.05) is 0 Å². The summed E-state index contributed by atoms with van der Waals surface area (Å²) in [6, 6.07) is 2.98. The SMILES string of the molecule is [O-][n+]1nc(S)ccc1Cl. The van der Waals surface area contributed by atoms with Crippen LogP contribution < -0.4 is 4.85 Å². The first kappa shape index (κ1) is 6.64. The molecule has 1 aromatic heterocycles. The highest BCUT2D eigenvalue weighted by Crippen LogP contribution is 2.02. The van der Waals surface area contributed by atoms with Gasteiger partial charge in [0, 0.05) is 11.2 Å². The van der Waals surface area contributed by atoms with E-state index < -0.39 is 0 Å². The highest BCUT2D eigenvalue weighted by atomic mass is 35.5. The molecule has 0 saturated carbocycles. The van der Waals surface area contributed by atoms with Gasteiger partial charge >= 0.3 is 5.15 Å². The molecule has 0 aliphatic carbocycles. The fraction of sp³-hybridized carbons (Fsp3) is 0. The van der Waals surface area contributed by atoms with Crippen molar-refractivity contribution in [3.05, 3.63) is 22.5 Å². The predicted octanol–water partition coefficient (Wildman–Crippen LogP) is 0.657. The maximum Gasteiger partial charge on any atom is 0.313 e. The van der Waals surface area contributed by atoms with Gasteiger partial charge in [-0.1, -0.05) is 0 Å². The van der Waals surface area contributed by atoms with Gasteiger partial charge in [0.25, 0.3) is 0 Å². The van der Waals surface area contributed by atoms with Crippen molar-refractivity contribution in [1.29, 1.82) is 0 Å². The van der Waals surface area contributed by atoms with E-state index >= 15 is 0 Å². The third-order valence-corrected chi connectivity index (χ3v) is 1.26. The van der Waals surface area contributed by atoms with Crippen molar-refractivity contribution >= 4 is 24.2 Å². The van der Waals surface area contributed by atoms with Crippen molar-refractivity contribution in [3.63, 3.8) is 0 Å². The molecular formula is C4H3ClN2OS. The standard InChI is InChI=1S/C4H3ClN2OS/c5-3-1-2-4(9)6-7(3)8/h1-2H,(H,6,9). The molecular weight excluding hydrogens is 160 g/mol. The first-order chi connectivity index (χ1) is 4.20. The van der Waals surface area contributed by atoms with Gasteiger partial charge in [0.1, 0.15) is 0 Å². The summed E-state index contributed by atoms with van der Waals surface area (Å²) in [5.74, 6) is 0. The number of halogens is 1. The van der Waals surface area contributed by atoms with Crippen molar-refractivity contribution < 1.29 is 4.85 Å². The number of nitrogens with zero attached hydrogens (tertiary/aromatic N) is 2. The Hall–Kier alpha value is -0.480. The monoisotopic (exact) mass is 162 g/mol. The van der Waals surface area contributed by atoms with Crippen LogP contribution in [-0.4, -0.2) is 5.10 Å². The number of rotatable bonds is 0. The predicted molar refractivity (Wildman–Crippen MR) is 35.5 cm³/mol. The lowest BCUT2D eigenvalue weighted by molar-refractivity contribution is -0.670. The lowest BCUT2D eigenvalue weighted by Crippen LogP contribution is -2.32. The topological polar surface area (TPSA) is 39.8 Å². The van der Waals surface area contributed by atoms with Crippen LogP contribution in [0.4, 0.5) is 0 Å². The van der Waals surface area contributed by atoms with Crippen LogP contribution in [0.5, 0.6) is 0 Å². The zero-order chi connectivity index (χ0) is 6.85. The van der Waals surface area contributed by atoms with E-state index in [0.717, 1.165) is 0 Å². The first-order valence-electron chi connectivity index (χ1n) is 2.15. The van der Waals surface area contributed by atoms with Crippen LogP contribution in [0.25, 0.3) is 0 Å². The Morgan fingerprint density at radius 2 is 2.33 bits per heavy atom. The van der Waals surface area contributed by atoms with Crippen LogP contribution in [0.3, 0.4) is 0 Å². The first-order valence-corrected chi connectivity index (χ1v) is 2.98. The Kier molecular flexibility index (Phi) is 1.78. The van der Waals surface area contributed by atoms with Crippen molar-refractivity contribution in [2.45, 2.75) is 5.03 Å². The van der Waals surface area contributed by atoms with Crippen LogP contribution in [0.1, 0.15) is 0 Å². The largest absolute Gasteiger partial charge is 0.593 e. The van der Waals surface area contributed by atoms with Gasteiger partial charge in [-0.15, -0.1) is 12.6 Å². The summed E-state index contributed by atoms with van der Waals surface area (Å²) in [4.78, 5) is 0.309. The molecule has 0 unspecified atom stereocenters. The average Bonchev–Trinajstić information content (AvgIpc) is 1.80. The van der Waals surface area contributed by atoms with E-state index in [1.807, 2.05) is 0 Å². The normalized spacial score (nSPS) is 9.56. The molecule has 0 bridgehead atoms. The molecule has 0 aliphatic rings. The molecule has 0 N–H and O–H groups in total. The molecule has 0 radical (unpaired) electrons. The minimum Gasteiger partial charge on any atom is -0.593 e. The van der Waals surface area contributed by atoms with Gasteiger partial charge in [-0.2, -0.15) is 0 Å². The molecule has 3 nitrogen and oxygen atoms in total. The van der Waals surface area contributed by atoms with Crippen LogP contribution in [0, 0.1) is 5.21 Å². The van der Waals surface area contributed by atoms with Gasteiger partial charge < -0.3 is 5.21 Å². The summed E-state index contributed by atoms with van der Waals surface area (Å²) in [7, 11) is 0. The Bertz CT molecular complexity index is 230. The van der Waals surface area contributed by atoms with Crippen LogP contribution in [0.15, 0.2) is 17.2 Å². The molecule has 48 valence electrons. The number of hydrogen-bond acceptors (Lipinski definition) is 3. The van der Waals surface area contributed by atoms with E-state index in [4.69, 9.17) is 11.6 Å². The van der Waals surface area contributed by atoms with Gasteiger partial charge in [0.15, 0.2) is 5.03 Å². The third kappa shape index (κ3) is 1.46. The fourth-order valence-corrected chi connectivity index (χ4v) is 0.638. The van der Waals surface area contributed by atoms with E-state index in [-0.39, 0.29) is 5.15 Å². The maximum atomic E-state index is 10.5. The maximum absolute atomic E-state index is 10.5. The van der Waals surface area contributed by atoms with Crippen molar-refractivity contribution in [1.82, 2.24) is 5.10 Å². The highest BCUT2D eigenvalue weighted by molar-refractivity contribution is 7.80. The van der Waals surface area contributed by atoms with Crippen molar-refractivity contribution in [3.8, 4) is 0 Å². The van der Waals surface area contributed by atoms with Crippen LogP contribution in [0.2, 0.25) is 5.15 Å². The minimum atomic E-state index is 0.0489. The summed E-state index contributed by atoms with van der Waals surface area (Å²) in [6.07, 6.45) is 0. The summed E-state index contributed by atoms with van der Waals surface area (Å²) < 4.78 is 0. The highest BCUT2D eigenvalue weighted by Gasteiger charge is 2.00. The third-order valence-electron chi connectivity index (χ3n) is 0.746. The minimum absolute atomic E-state index is 0.0489. The second-order valence-corrected chi connectivity index (χ2v) is 2.23. The summed E-state index contributed by atoms with van der Waals surface area (Å²) in [5, 5.41) is 14.2. The molecule has 5 heteroatoms. The van der Waals surface area contributed by atoms with Gasteiger partial charge in [-0.25, -0.2) is 0 Å². The van der Waals surface area contributed by atoms with Crippen LogP contribution >= 0.6 is 24.2 Å². The molecule has 0 atom stereocenters. The Morgan fingerprint density at radius 1 is 1.67 bits per heavy atom. The van der Waals surface area contributed by atoms with E-state index in [1.165, 1.54) is 6.07 Å². The summed E-state index contributed by atoms with van der Waals surface area (Å²) >= 11 is 9.15. The van der Waals surface area contributed by atoms with Gasteiger partial charge in [0.05, 0.1) is 0 Å². The molecule has 0 aromatic carbocycles. The van der Waals surface area contributed by atoms with Crippen LogP contribution in [-0.2, 0) is 0 Å². The molecule has 1 rings (SSSR count). The van der Waals surface area contributed by atoms with Gasteiger partial charge in [-0.05, 0) is 22.5 Å². The molecule has 1 heterocycles. The smallest absolute Gasteiger partial charge is 0.313 e. The molecule has 0 fully saturated rings. The molecule has 0 amide bonds. The number of hydrogen-bond donors (Lipinski definition) is 1. The lowest BCUT2D eigenvalue weighted by atomic mass is 10.6. The Labute approximate surface area is 62.3 Å². The van der Waals surface area contributed by atoms with Gasteiger partial charge in [-0.3, -0.25) is 0 Å². The zero-order valence-electron chi connectivity index (χ0n) is 4.28. The van der Waals surface area contributed by atoms with E-state index in [2.05, 4.69) is 17.7 Å². The van der Waals surface area contributed by atoms with E-state index in [9.17, 15) is 5.21 Å². The van der Waals surface area contributed by atoms with Crippen molar-refractivity contribution in [2.24, 2.45) is 0 Å². The second-order valence-electron chi connectivity index (χ2n) is 1.39. The van der Waals surface area contributed by atoms with E-state index in [1.54, 1.807) is 6.07 Å². The summed E-state index contributed by atoms with van der Waals surface area (Å²) in [5.41, 5.74) is 0. The molecule has 0 spiro atoms. The Morgan fingerprint density at radius 3 is 2.78 bits per heavy atom. The summed E-state index contributed by atoms with van der Waals surface area (Å²) in [6.45, 7) is 0. The van der Waals surface area contributed by atoms with E-state index in [0.29, 0.717) is 9.87 Å². The number of aromatic nitrogens is 2.